The molecule has 0 aromatic carbocycles. The van der Waals surface area contributed by atoms with Crippen LogP contribution < -0.4 is 0 Å². The number of hydrogen-bond acceptors (Lipinski definition) is 0. The first kappa shape index (κ1) is 10.5. The van der Waals surface area contributed by atoms with Gasteiger partial charge in [0.1, 0.15) is 0 Å². The van der Waals surface area contributed by atoms with Gasteiger partial charge in [0.15, 0.2) is 0 Å². The molecular weight excluding hydrogens is 132 g/mol. The van der Waals surface area contributed by atoms with Gasteiger partial charge in [0, 0.05) is 0 Å². The summed E-state index contributed by atoms with van der Waals surface area (Å²) in [5.74, 6) is 0.800. The second kappa shape index (κ2) is 7.59. The Balaban J connectivity index is 3.22. The minimum atomic E-state index is 0.800. The molecule has 0 fully saturated rings. The topological polar surface area (TPSA) is 0 Å². The molecule has 1 atom stereocenters. The summed E-state index contributed by atoms with van der Waals surface area (Å²) >= 11 is 0. The van der Waals surface area contributed by atoms with E-state index in [-0.39, 0.29) is 0 Å². The first-order valence-corrected chi connectivity index (χ1v) is 4.57. The van der Waals surface area contributed by atoms with Gasteiger partial charge in [-0.05, 0) is 31.6 Å². The lowest BCUT2D eigenvalue weighted by atomic mass is 10.0. The Kier molecular flexibility index (Phi) is 7.23. The van der Waals surface area contributed by atoms with Crippen molar-refractivity contribution in [2.75, 3.05) is 0 Å². The van der Waals surface area contributed by atoms with Gasteiger partial charge in [-0.2, -0.15) is 0 Å². The Hall–Kier alpha value is -0.520. The first-order valence-electron chi connectivity index (χ1n) is 4.57. The number of allylic oxidation sites excluding steroid dienone is 3. The van der Waals surface area contributed by atoms with E-state index >= 15 is 0 Å². The lowest BCUT2D eigenvalue weighted by molar-refractivity contribution is 0.546. The van der Waals surface area contributed by atoms with E-state index in [1.165, 1.54) is 12.8 Å². The maximum atomic E-state index is 3.73. The molecule has 64 valence electrons. The van der Waals surface area contributed by atoms with Crippen LogP contribution in [0.3, 0.4) is 0 Å². The molecule has 0 saturated carbocycles. The van der Waals surface area contributed by atoms with Crippen LogP contribution in [-0.2, 0) is 0 Å². The second-order valence-electron chi connectivity index (χ2n) is 3.09. The van der Waals surface area contributed by atoms with Crippen molar-refractivity contribution < 1.29 is 0 Å². The third-order valence-electron chi connectivity index (χ3n) is 1.80. The normalized spacial score (nSPS) is 13.6. The second-order valence-corrected chi connectivity index (χ2v) is 3.09. The smallest absolute Gasteiger partial charge is 0.0327 e. The van der Waals surface area contributed by atoms with Crippen molar-refractivity contribution >= 4 is 0 Å². The fraction of sp³-hybridized carbons (Fsp3) is 0.636. The van der Waals surface area contributed by atoms with Crippen LogP contribution in [0, 0.1) is 5.92 Å². The van der Waals surface area contributed by atoms with E-state index in [9.17, 15) is 0 Å². The molecule has 0 radical (unpaired) electrons. The van der Waals surface area contributed by atoms with Crippen LogP contribution in [0.1, 0.15) is 39.5 Å². The molecule has 1 unspecified atom stereocenters. The first-order chi connectivity index (χ1) is 5.31. The molecule has 0 aliphatic heterocycles. The summed E-state index contributed by atoms with van der Waals surface area (Å²) in [4.78, 5) is 0. The van der Waals surface area contributed by atoms with Gasteiger partial charge in [-0.15, -0.1) is 6.58 Å². The van der Waals surface area contributed by atoms with Crippen molar-refractivity contribution in [3.63, 3.8) is 0 Å². The SMILES string of the molecule is C=CCC(C)CCC=CCC. The van der Waals surface area contributed by atoms with E-state index in [2.05, 4.69) is 32.6 Å². The zero-order valence-electron chi connectivity index (χ0n) is 7.84. The maximum Gasteiger partial charge on any atom is -0.0327 e. The molecule has 0 heteroatoms. The molecule has 0 heterocycles. The van der Waals surface area contributed by atoms with E-state index in [0.29, 0.717) is 0 Å². The Morgan fingerprint density at radius 2 is 2.09 bits per heavy atom. The molecular formula is C11H20. The average molecular weight is 152 g/mol. The van der Waals surface area contributed by atoms with Gasteiger partial charge in [-0.1, -0.05) is 32.1 Å². The van der Waals surface area contributed by atoms with Crippen molar-refractivity contribution in [2.45, 2.75) is 39.5 Å². The fourth-order valence-electron chi connectivity index (χ4n) is 1.07. The van der Waals surface area contributed by atoms with E-state index in [1.54, 1.807) is 0 Å². The van der Waals surface area contributed by atoms with Crippen LogP contribution in [0.2, 0.25) is 0 Å². The van der Waals surface area contributed by atoms with Crippen LogP contribution in [0.15, 0.2) is 24.8 Å². The van der Waals surface area contributed by atoms with Gasteiger partial charge in [0.2, 0.25) is 0 Å². The van der Waals surface area contributed by atoms with Gasteiger partial charge >= 0.3 is 0 Å². The van der Waals surface area contributed by atoms with Gasteiger partial charge in [0.25, 0.3) is 0 Å². The van der Waals surface area contributed by atoms with Gasteiger partial charge < -0.3 is 0 Å². The van der Waals surface area contributed by atoms with Gasteiger partial charge in [-0.25, -0.2) is 0 Å². The molecule has 0 nitrogen and oxygen atoms in total. The van der Waals surface area contributed by atoms with Gasteiger partial charge in [0.05, 0.1) is 0 Å². The van der Waals surface area contributed by atoms with Crippen molar-refractivity contribution in [3.05, 3.63) is 24.8 Å². The largest absolute Gasteiger partial charge is 0.103 e. The Morgan fingerprint density at radius 3 is 2.64 bits per heavy atom. The summed E-state index contributed by atoms with van der Waals surface area (Å²) in [5.41, 5.74) is 0. The highest BCUT2D eigenvalue weighted by Gasteiger charge is 1.95. The third-order valence-corrected chi connectivity index (χ3v) is 1.80. The number of rotatable bonds is 6. The molecule has 0 bridgehead atoms. The highest BCUT2D eigenvalue weighted by molar-refractivity contribution is 4.81. The van der Waals surface area contributed by atoms with E-state index in [0.717, 1.165) is 18.8 Å². The Morgan fingerprint density at radius 1 is 1.36 bits per heavy atom. The minimum absolute atomic E-state index is 0.800. The standard InChI is InChI=1S/C11H20/c1-4-6-7-8-10-11(3)9-5-2/h5-7,11H,2,4,8-10H2,1,3H3. The van der Waals surface area contributed by atoms with Crippen molar-refractivity contribution in [1.29, 1.82) is 0 Å². The molecule has 0 aliphatic rings. The van der Waals surface area contributed by atoms with E-state index in [1.807, 2.05) is 6.08 Å². The summed E-state index contributed by atoms with van der Waals surface area (Å²) in [6, 6.07) is 0. The van der Waals surface area contributed by atoms with Crippen LogP contribution in [0.25, 0.3) is 0 Å². The van der Waals surface area contributed by atoms with E-state index in [4.69, 9.17) is 0 Å². The van der Waals surface area contributed by atoms with Crippen LogP contribution >= 0.6 is 0 Å². The lowest BCUT2D eigenvalue weighted by Gasteiger charge is -2.04. The molecule has 0 amide bonds. The minimum Gasteiger partial charge on any atom is -0.103 e. The lowest BCUT2D eigenvalue weighted by Crippen LogP contribution is -1.90. The highest BCUT2D eigenvalue weighted by Crippen LogP contribution is 2.10. The zero-order chi connectivity index (χ0) is 8.53. The molecule has 0 spiro atoms. The number of hydrogen-bond donors (Lipinski definition) is 0. The van der Waals surface area contributed by atoms with Crippen LogP contribution in [0.5, 0.6) is 0 Å². The van der Waals surface area contributed by atoms with Crippen molar-refractivity contribution in [3.8, 4) is 0 Å². The summed E-state index contributed by atoms with van der Waals surface area (Å²) in [7, 11) is 0. The predicted molar refractivity (Wildman–Crippen MR) is 52.6 cm³/mol. The van der Waals surface area contributed by atoms with Crippen molar-refractivity contribution in [1.82, 2.24) is 0 Å². The average Bonchev–Trinajstić information content (AvgIpc) is 1.99. The molecule has 0 rings (SSSR count). The summed E-state index contributed by atoms with van der Waals surface area (Å²) in [5, 5.41) is 0. The monoisotopic (exact) mass is 152 g/mol. The molecule has 0 saturated heterocycles. The fourth-order valence-corrected chi connectivity index (χ4v) is 1.07. The molecule has 0 aromatic heterocycles. The van der Waals surface area contributed by atoms with E-state index < -0.39 is 0 Å². The Labute approximate surface area is 71.0 Å². The van der Waals surface area contributed by atoms with Crippen molar-refractivity contribution in [2.24, 2.45) is 5.92 Å². The van der Waals surface area contributed by atoms with Crippen LogP contribution in [-0.4, -0.2) is 0 Å². The molecule has 0 aliphatic carbocycles. The maximum absolute atomic E-state index is 3.73. The summed E-state index contributed by atoms with van der Waals surface area (Å²) in [6.45, 7) is 8.18. The predicted octanol–water partition coefficient (Wildman–Crippen LogP) is 3.95. The highest BCUT2D eigenvalue weighted by atomic mass is 14.0. The quantitative estimate of drug-likeness (QED) is 0.506. The Bertz CT molecular complexity index is 111. The zero-order valence-corrected chi connectivity index (χ0v) is 7.84. The summed E-state index contributed by atoms with van der Waals surface area (Å²) in [6.07, 6.45) is 11.4. The molecule has 0 aromatic rings. The third kappa shape index (κ3) is 7.38. The molecule has 11 heavy (non-hydrogen) atoms. The van der Waals surface area contributed by atoms with Gasteiger partial charge in [-0.3, -0.25) is 0 Å². The van der Waals surface area contributed by atoms with Crippen LogP contribution in [0.4, 0.5) is 0 Å². The summed E-state index contributed by atoms with van der Waals surface area (Å²) < 4.78 is 0. The molecule has 0 N–H and O–H groups in total.